The fraction of sp³-hybridized carbons (Fsp3) is 0.500. The molecule has 1 fully saturated rings. The zero-order valence-electron chi connectivity index (χ0n) is 7.83. The molecule has 0 aromatic carbocycles. The molecule has 1 aliphatic rings. The number of carbonyl (C=O) groups is 1. The topological polar surface area (TPSA) is 42.2 Å². The van der Waals surface area contributed by atoms with Crippen LogP contribution in [-0.2, 0) is 10.2 Å². The van der Waals surface area contributed by atoms with Gasteiger partial charge in [0.15, 0.2) is 0 Å². The van der Waals surface area contributed by atoms with Crippen molar-refractivity contribution in [3.8, 4) is 0 Å². The van der Waals surface area contributed by atoms with Gasteiger partial charge in [0.05, 0.1) is 11.7 Å². The second kappa shape index (κ2) is 2.62. The molecule has 1 aliphatic heterocycles. The first-order valence-electron chi connectivity index (χ1n) is 4.46. The van der Waals surface area contributed by atoms with Gasteiger partial charge >= 0.3 is 0 Å². The summed E-state index contributed by atoms with van der Waals surface area (Å²) in [5, 5.41) is 2.90. The highest BCUT2D eigenvalue weighted by molar-refractivity contribution is 5.81. The van der Waals surface area contributed by atoms with Crippen molar-refractivity contribution in [1.29, 1.82) is 0 Å². The molecule has 3 heteroatoms. The lowest BCUT2D eigenvalue weighted by molar-refractivity contribution is -0.119. The number of rotatable bonds is 1. The van der Waals surface area contributed by atoms with Crippen LogP contribution in [-0.4, -0.2) is 11.9 Å². The third-order valence-corrected chi connectivity index (χ3v) is 2.95. The van der Waals surface area contributed by atoms with Gasteiger partial charge in [-0.1, -0.05) is 0 Å². The predicted molar refractivity (Wildman–Crippen MR) is 48.3 cm³/mol. The standard InChI is InChI=1S/C10H13NO2/c1-7-10(2,6-9(12)11-7)8-4-3-5-13-8/h3-5,7H,6H2,1-2H3,(H,11,12). The summed E-state index contributed by atoms with van der Waals surface area (Å²) in [7, 11) is 0. The Balaban J connectivity index is 2.36. The molecule has 1 aromatic heterocycles. The third-order valence-electron chi connectivity index (χ3n) is 2.95. The molecule has 0 aliphatic carbocycles. The highest BCUT2D eigenvalue weighted by Gasteiger charge is 2.43. The minimum atomic E-state index is -0.180. The van der Waals surface area contributed by atoms with Crippen molar-refractivity contribution in [3.63, 3.8) is 0 Å². The fourth-order valence-electron chi connectivity index (χ4n) is 1.84. The van der Waals surface area contributed by atoms with Crippen molar-refractivity contribution in [1.82, 2.24) is 5.32 Å². The van der Waals surface area contributed by atoms with Gasteiger partial charge in [-0.05, 0) is 26.0 Å². The molecule has 1 N–H and O–H groups in total. The number of furan rings is 1. The molecule has 13 heavy (non-hydrogen) atoms. The van der Waals surface area contributed by atoms with Gasteiger partial charge in [-0.25, -0.2) is 0 Å². The summed E-state index contributed by atoms with van der Waals surface area (Å²) >= 11 is 0. The maximum absolute atomic E-state index is 11.2. The Bertz CT molecular complexity index is 318. The van der Waals surface area contributed by atoms with Crippen LogP contribution in [0.2, 0.25) is 0 Å². The number of nitrogens with one attached hydrogen (secondary N) is 1. The van der Waals surface area contributed by atoms with Crippen molar-refractivity contribution >= 4 is 5.91 Å². The number of hydrogen-bond donors (Lipinski definition) is 1. The molecule has 1 aromatic rings. The summed E-state index contributed by atoms with van der Waals surface area (Å²) in [4.78, 5) is 11.2. The minimum absolute atomic E-state index is 0.103. The molecule has 70 valence electrons. The Morgan fingerprint density at radius 1 is 1.69 bits per heavy atom. The van der Waals surface area contributed by atoms with Gasteiger partial charge in [-0.2, -0.15) is 0 Å². The van der Waals surface area contributed by atoms with E-state index in [1.54, 1.807) is 6.26 Å². The van der Waals surface area contributed by atoms with E-state index in [0.29, 0.717) is 6.42 Å². The quantitative estimate of drug-likeness (QED) is 0.709. The summed E-state index contributed by atoms with van der Waals surface area (Å²) in [6.45, 7) is 4.06. The molecule has 2 unspecified atom stereocenters. The number of hydrogen-bond acceptors (Lipinski definition) is 2. The minimum Gasteiger partial charge on any atom is -0.469 e. The molecule has 2 heterocycles. The van der Waals surface area contributed by atoms with Crippen LogP contribution in [0.5, 0.6) is 0 Å². The Morgan fingerprint density at radius 3 is 2.92 bits per heavy atom. The normalized spacial score (nSPS) is 33.4. The first kappa shape index (κ1) is 8.35. The Labute approximate surface area is 77.1 Å². The van der Waals surface area contributed by atoms with E-state index in [4.69, 9.17) is 4.42 Å². The SMILES string of the molecule is CC1NC(=O)CC1(C)c1ccco1. The van der Waals surface area contributed by atoms with E-state index in [0.717, 1.165) is 5.76 Å². The van der Waals surface area contributed by atoms with Crippen molar-refractivity contribution in [2.45, 2.75) is 31.7 Å². The summed E-state index contributed by atoms with van der Waals surface area (Å²) in [5.74, 6) is 0.991. The number of carbonyl (C=O) groups excluding carboxylic acids is 1. The van der Waals surface area contributed by atoms with Gasteiger partial charge < -0.3 is 9.73 Å². The van der Waals surface area contributed by atoms with Crippen molar-refractivity contribution in [3.05, 3.63) is 24.2 Å². The van der Waals surface area contributed by atoms with Crippen LogP contribution in [0.25, 0.3) is 0 Å². The number of amides is 1. The molecule has 3 nitrogen and oxygen atoms in total. The van der Waals surface area contributed by atoms with Crippen molar-refractivity contribution in [2.75, 3.05) is 0 Å². The van der Waals surface area contributed by atoms with Crippen molar-refractivity contribution in [2.24, 2.45) is 0 Å². The lowest BCUT2D eigenvalue weighted by Crippen LogP contribution is -2.35. The van der Waals surface area contributed by atoms with Gasteiger partial charge in [0.2, 0.25) is 5.91 Å². The Hall–Kier alpha value is -1.25. The average Bonchev–Trinajstić information content (AvgIpc) is 2.61. The maximum atomic E-state index is 11.2. The largest absolute Gasteiger partial charge is 0.469 e. The summed E-state index contributed by atoms with van der Waals surface area (Å²) in [5.41, 5.74) is -0.180. The molecule has 1 amide bonds. The van der Waals surface area contributed by atoms with Crippen LogP contribution < -0.4 is 5.32 Å². The van der Waals surface area contributed by atoms with E-state index < -0.39 is 0 Å². The maximum Gasteiger partial charge on any atom is 0.221 e. The van der Waals surface area contributed by atoms with Crippen LogP contribution in [0.4, 0.5) is 0 Å². The van der Waals surface area contributed by atoms with Gasteiger partial charge in [-0.3, -0.25) is 4.79 Å². The molecule has 2 rings (SSSR count). The zero-order valence-corrected chi connectivity index (χ0v) is 7.83. The van der Waals surface area contributed by atoms with Crippen LogP contribution >= 0.6 is 0 Å². The molecule has 0 spiro atoms. The Morgan fingerprint density at radius 2 is 2.46 bits per heavy atom. The molecule has 0 radical (unpaired) electrons. The molecular formula is C10H13NO2. The van der Waals surface area contributed by atoms with E-state index in [1.165, 1.54) is 0 Å². The van der Waals surface area contributed by atoms with Crippen LogP contribution in [0.3, 0.4) is 0 Å². The van der Waals surface area contributed by atoms with Crippen LogP contribution in [0, 0.1) is 0 Å². The van der Waals surface area contributed by atoms with Crippen LogP contribution in [0.1, 0.15) is 26.0 Å². The lowest BCUT2D eigenvalue weighted by Gasteiger charge is -2.24. The van der Waals surface area contributed by atoms with Gasteiger partial charge in [0, 0.05) is 12.5 Å². The van der Waals surface area contributed by atoms with E-state index in [-0.39, 0.29) is 17.4 Å². The highest BCUT2D eigenvalue weighted by atomic mass is 16.3. The summed E-state index contributed by atoms with van der Waals surface area (Å²) in [6, 6.07) is 3.93. The van der Waals surface area contributed by atoms with Gasteiger partial charge in [0.25, 0.3) is 0 Å². The molecule has 0 bridgehead atoms. The first-order valence-corrected chi connectivity index (χ1v) is 4.46. The average molecular weight is 179 g/mol. The zero-order chi connectivity index (χ0) is 9.47. The van der Waals surface area contributed by atoms with E-state index in [2.05, 4.69) is 12.2 Å². The van der Waals surface area contributed by atoms with Gasteiger partial charge in [-0.15, -0.1) is 0 Å². The first-order chi connectivity index (χ1) is 6.13. The lowest BCUT2D eigenvalue weighted by atomic mass is 9.81. The summed E-state index contributed by atoms with van der Waals surface area (Å²) < 4.78 is 5.35. The van der Waals surface area contributed by atoms with Gasteiger partial charge in [0.1, 0.15) is 5.76 Å². The van der Waals surface area contributed by atoms with E-state index in [9.17, 15) is 4.79 Å². The highest BCUT2D eigenvalue weighted by Crippen LogP contribution is 2.35. The molecule has 2 atom stereocenters. The monoisotopic (exact) mass is 179 g/mol. The predicted octanol–water partition coefficient (Wildman–Crippen LogP) is 1.45. The summed E-state index contributed by atoms with van der Waals surface area (Å²) in [6.07, 6.45) is 2.16. The second-order valence-corrected chi connectivity index (χ2v) is 3.86. The smallest absolute Gasteiger partial charge is 0.221 e. The van der Waals surface area contributed by atoms with E-state index >= 15 is 0 Å². The fourth-order valence-corrected chi connectivity index (χ4v) is 1.84. The Kier molecular flexibility index (Phi) is 1.68. The second-order valence-electron chi connectivity index (χ2n) is 3.86. The van der Waals surface area contributed by atoms with Crippen LogP contribution in [0.15, 0.2) is 22.8 Å². The third kappa shape index (κ3) is 1.15. The van der Waals surface area contributed by atoms with Crippen molar-refractivity contribution < 1.29 is 9.21 Å². The molecular weight excluding hydrogens is 166 g/mol. The molecule has 0 saturated carbocycles. The van der Waals surface area contributed by atoms with E-state index in [1.807, 2.05) is 19.1 Å². The molecule has 1 saturated heterocycles.